The number of aryl methyl sites for hydroxylation is 2. The lowest BCUT2D eigenvalue weighted by Crippen LogP contribution is -2.41. The van der Waals surface area contributed by atoms with Crippen LogP contribution >= 0.6 is 15.9 Å². The molecule has 0 bridgehead atoms. The highest BCUT2D eigenvalue weighted by Crippen LogP contribution is 2.23. The molecule has 1 saturated carbocycles. The summed E-state index contributed by atoms with van der Waals surface area (Å²) in [6.07, 6.45) is 2.45. The number of carbonyl (C=O) groups is 2. The zero-order chi connectivity index (χ0) is 24.1. The first-order chi connectivity index (χ1) is 15.6. The first-order valence-electron chi connectivity index (χ1n) is 11.1. The number of aromatic amines is 1. The highest BCUT2D eigenvalue weighted by Gasteiger charge is 2.22. The summed E-state index contributed by atoms with van der Waals surface area (Å²) in [4.78, 5) is 38.8. The number of rotatable bonds is 7. The monoisotopic (exact) mass is 518 g/mol. The molecule has 1 aromatic heterocycles. The molecule has 1 aliphatic carbocycles. The Labute approximate surface area is 201 Å². The second-order valence-corrected chi connectivity index (χ2v) is 9.66. The van der Waals surface area contributed by atoms with Crippen molar-refractivity contribution in [2.75, 3.05) is 0 Å². The predicted molar refractivity (Wildman–Crippen MR) is 131 cm³/mol. The average molecular weight is 519 g/mol. The van der Waals surface area contributed by atoms with E-state index in [9.17, 15) is 14.4 Å². The highest BCUT2D eigenvalue weighted by atomic mass is 79.9. The average Bonchev–Trinajstić information content (AvgIpc) is 2.73. The van der Waals surface area contributed by atoms with Crippen LogP contribution in [0.3, 0.4) is 0 Å². The lowest BCUT2D eigenvalue weighted by Gasteiger charge is -2.29. The van der Waals surface area contributed by atoms with Crippen molar-refractivity contribution in [3.63, 3.8) is 0 Å². The normalized spacial score (nSPS) is 18.1. The maximum atomic E-state index is 12.9. The molecule has 8 nitrogen and oxygen atoms in total. The Bertz CT molecular complexity index is 1090. The van der Waals surface area contributed by atoms with Crippen molar-refractivity contribution in [2.24, 2.45) is 0 Å². The van der Waals surface area contributed by atoms with E-state index in [4.69, 9.17) is 5.11 Å². The van der Waals surface area contributed by atoms with E-state index in [-0.39, 0.29) is 24.1 Å². The van der Waals surface area contributed by atoms with Gasteiger partial charge in [0.1, 0.15) is 0 Å². The van der Waals surface area contributed by atoms with E-state index < -0.39 is 6.09 Å². The van der Waals surface area contributed by atoms with Crippen LogP contribution in [-0.2, 0) is 13.1 Å². The molecule has 0 aliphatic heterocycles. The van der Waals surface area contributed by atoms with Crippen LogP contribution in [0.25, 0.3) is 0 Å². The van der Waals surface area contributed by atoms with E-state index in [2.05, 4.69) is 36.9 Å². The van der Waals surface area contributed by atoms with Gasteiger partial charge in [-0.2, -0.15) is 0 Å². The second kappa shape index (κ2) is 11.0. The van der Waals surface area contributed by atoms with E-state index in [1.54, 1.807) is 6.07 Å². The van der Waals surface area contributed by atoms with Gasteiger partial charge >= 0.3 is 6.09 Å². The molecule has 5 N–H and O–H groups in total. The molecule has 178 valence electrons. The Morgan fingerprint density at radius 2 is 1.73 bits per heavy atom. The Hall–Kier alpha value is -2.65. The SMILES string of the molecule is Cc1cc(C)c(CNC(=O)c2cc(Br)cc(CNC3CCC(NC(=O)O)CC3)c2C)c(=O)[nH]1. The van der Waals surface area contributed by atoms with Crippen molar-refractivity contribution < 1.29 is 14.7 Å². The number of hydrogen-bond donors (Lipinski definition) is 5. The maximum Gasteiger partial charge on any atom is 0.404 e. The fourth-order valence-corrected chi connectivity index (χ4v) is 4.90. The molecule has 2 aromatic rings. The molecule has 9 heteroatoms. The van der Waals surface area contributed by atoms with Crippen molar-refractivity contribution in [1.29, 1.82) is 0 Å². The lowest BCUT2D eigenvalue weighted by atomic mass is 9.91. The second-order valence-electron chi connectivity index (χ2n) is 8.74. The van der Waals surface area contributed by atoms with Gasteiger partial charge in [-0.1, -0.05) is 15.9 Å². The summed E-state index contributed by atoms with van der Waals surface area (Å²) in [6, 6.07) is 6.02. The minimum absolute atomic E-state index is 0.0212. The summed E-state index contributed by atoms with van der Waals surface area (Å²) in [5.74, 6) is -0.227. The number of H-pyrrole nitrogens is 1. The molecule has 1 heterocycles. The topological polar surface area (TPSA) is 123 Å². The summed E-state index contributed by atoms with van der Waals surface area (Å²) < 4.78 is 0.814. The number of hydrogen-bond acceptors (Lipinski definition) is 4. The van der Waals surface area contributed by atoms with Crippen molar-refractivity contribution in [3.8, 4) is 0 Å². The molecule has 2 amide bonds. The quantitative estimate of drug-likeness (QED) is 0.382. The fraction of sp³-hybridized carbons (Fsp3) is 0.458. The molecular formula is C24H31BrN4O4. The summed E-state index contributed by atoms with van der Waals surface area (Å²) >= 11 is 3.51. The number of carboxylic acid groups (broad SMARTS) is 1. The summed E-state index contributed by atoms with van der Waals surface area (Å²) in [5, 5.41) is 17.9. The van der Waals surface area contributed by atoms with Crippen molar-refractivity contribution in [1.82, 2.24) is 20.9 Å². The highest BCUT2D eigenvalue weighted by molar-refractivity contribution is 9.10. The van der Waals surface area contributed by atoms with Gasteiger partial charge in [0, 0.05) is 46.5 Å². The van der Waals surface area contributed by atoms with Gasteiger partial charge in [0.2, 0.25) is 0 Å². The van der Waals surface area contributed by atoms with E-state index >= 15 is 0 Å². The molecular weight excluding hydrogens is 488 g/mol. The minimum Gasteiger partial charge on any atom is -0.465 e. The van der Waals surface area contributed by atoms with Crippen molar-refractivity contribution in [3.05, 3.63) is 66.5 Å². The van der Waals surface area contributed by atoms with Crippen LogP contribution in [0.1, 0.15) is 64.0 Å². The Balaban J connectivity index is 1.63. The number of carbonyl (C=O) groups excluding carboxylic acids is 1. The minimum atomic E-state index is -0.968. The number of nitrogens with one attached hydrogen (secondary N) is 4. The first-order valence-corrected chi connectivity index (χ1v) is 11.9. The molecule has 0 unspecified atom stereocenters. The van der Waals surface area contributed by atoms with E-state index in [1.807, 2.05) is 32.9 Å². The molecule has 0 spiro atoms. The largest absolute Gasteiger partial charge is 0.465 e. The number of pyridine rings is 1. The number of aromatic nitrogens is 1. The molecule has 1 fully saturated rings. The molecule has 3 rings (SSSR count). The fourth-order valence-electron chi connectivity index (χ4n) is 4.39. The summed E-state index contributed by atoms with van der Waals surface area (Å²) in [7, 11) is 0. The molecule has 33 heavy (non-hydrogen) atoms. The van der Waals surface area contributed by atoms with Gasteiger partial charge in [0.15, 0.2) is 0 Å². The number of amides is 2. The summed E-state index contributed by atoms with van der Waals surface area (Å²) in [5.41, 5.74) is 4.48. The molecule has 0 saturated heterocycles. The Morgan fingerprint density at radius 1 is 1.06 bits per heavy atom. The number of benzene rings is 1. The van der Waals surface area contributed by atoms with Crippen molar-refractivity contribution >= 4 is 27.9 Å². The first kappa shape index (κ1) is 25.0. The van der Waals surface area contributed by atoms with Gasteiger partial charge in [-0.3, -0.25) is 9.59 Å². The van der Waals surface area contributed by atoms with Crippen LogP contribution in [0.4, 0.5) is 4.79 Å². The summed E-state index contributed by atoms with van der Waals surface area (Å²) in [6.45, 7) is 6.40. The Morgan fingerprint density at radius 3 is 2.36 bits per heavy atom. The molecule has 0 radical (unpaired) electrons. The standard InChI is InChI=1S/C24H31BrN4O4/c1-13-8-14(2)28-23(31)21(13)12-27-22(30)20-10-17(25)9-16(15(20)3)11-26-18-4-6-19(7-5-18)29-24(32)33/h8-10,18-19,26,29H,4-7,11-12H2,1-3H3,(H,27,30)(H,28,31)(H,32,33). The maximum absolute atomic E-state index is 12.9. The van der Waals surface area contributed by atoms with Gasteiger partial charge in [-0.25, -0.2) is 4.79 Å². The molecule has 0 atom stereocenters. The van der Waals surface area contributed by atoms with E-state index in [0.29, 0.717) is 23.7 Å². The third kappa shape index (κ3) is 6.68. The molecule has 1 aromatic carbocycles. The van der Waals surface area contributed by atoms with Gasteiger partial charge < -0.3 is 26.0 Å². The van der Waals surface area contributed by atoms with E-state index in [1.165, 1.54) is 0 Å². The van der Waals surface area contributed by atoms with Crippen LogP contribution in [0, 0.1) is 20.8 Å². The predicted octanol–water partition coefficient (Wildman–Crippen LogP) is 3.66. The van der Waals surface area contributed by atoms with Crippen LogP contribution < -0.4 is 21.5 Å². The third-order valence-electron chi connectivity index (χ3n) is 6.28. The van der Waals surface area contributed by atoms with Crippen LogP contribution in [0.5, 0.6) is 0 Å². The number of halogens is 1. The Kier molecular flexibility index (Phi) is 8.31. The van der Waals surface area contributed by atoms with Gasteiger partial charge in [-0.05, 0) is 81.3 Å². The third-order valence-corrected chi connectivity index (χ3v) is 6.74. The smallest absolute Gasteiger partial charge is 0.404 e. The van der Waals surface area contributed by atoms with Crippen LogP contribution in [0.2, 0.25) is 0 Å². The van der Waals surface area contributed by atoms with Crippen molar-refractivity contribution in [2.45, 2.75) is 71.6 Å². The lowest BCUT2D eigenvalue weighted by molar-refractivity contribution is 0.0950. The molecule has 1 aliphatic rings. The van der Waals surface area contributed by atoms with Gasteiger partial charge in [0.05, 0.1) is 0 Å². The van der Waals surface area contributed by atoms with Crippen LogP contribution in [0.15, 0.2) is 27.5 Å². The zero-order valence-corrected chi connectivity index (χ0v) is 20.8. The van der Waals surface area contributed by atoms with Crippen LogP contribution in [-0.4, -0.2) is 34.2 Å². The van der Waals surface area contributed by atoms with Gasteiger partial charge in [0.25, 0.3) is 11.5 Å². The zero-order valence-electron chi connectivity index (χ0n) is 19.2. The van der Waals surface area contributed by atoms with E-state index in [0.717, 1.165) is 52.5 Å². The van der Waals surface area contributed by atoms with Gasteiger partial charge in [-0.15, -0.1) is 0 Å².